The number of nitrogen functional groups attached to an aromatic ring is 1. The average molecular weight is 517 g/mol. The van der Waals surface area contributed by atoms with E-state index in [0.29, 0.717) is 59.4 Å². The van der Waals surface area contributed by atoms with Crippen LogP contribution in [-0.2, 0) is 16.6 Å². The van der Waals surface area contributed by atoms with Crippen LogP contribution in [0.25, 0.3) is 22.5 Å². The van der Waals surface area contributed by atoms with Gasteiger partial charge in [0.05, 0.1) is 5.75 Å². The van der Waals surface area contributed by atoms with Crippen molar-refractivity contribution in [1.82, 2.24) is 19.5 Å². The van der Waals surface area contributed by atoms with Crippen LogP contribution in [0.1, 0.15) is 25.0 Å². The number of aromatic nitrogens is 4. The molecule has 0 saturated carbocycles. The minimum Gasteiger partial charge on any atom is -0.461 e. The number of hydrogen-bond donors (Lipinski definition) is 2. The maximum atomic E-state index is 11.2. The Balaban J connectivity index is 1.49. The van der Waals surface area contributed by atoms with Gasteiger partial charge < -0.3 is 24.2 Å². The lowest BCUT2D eigenvalue weighted by molar-refractivity contribution is 0.174. The van der Waals surface area contributed by atoms with Gasteiger partial charge in [0, 0.05) is 17.0 Å². The Hall–Kier alpha value is -3.29. The van der Waals surface area contributed by atoms with Crippen molar-refractivity contribution >= 4 is 38.8 Å². The molecule has 4 aromatic rings. The lowest BCUT2D eigenvalue weighted by Gasteiger charge is -2.11. The van der Waals surface area contributed by atoms with Crippen LogP contribution in [0.15, 0.2) is 45.1 Å². The molecule has 1 aliphatic rings. The number of ether oxygens (including phenoxy) is 2. The monoisotopic (exact) mass is 516 g/mol. The van der Waals surface area contributed by atoms with E-state index in [4.69, 9.17) is 29.7 Å². The van der Waals surface area contributed by atoms with Gasteiger partial charge in [0.25, 0.3) is 0 Å². The summed E-state index contributed by atoms with van der Waals surface area (Å²) >= 11 is 1.43. The van der Waals surface area contributed by atoms with Crippen LogP contribution in [0.3, 0.4) is 0 Å². The molecule has 0 saturated heterocycles. The molecule has 4 heterocycles. The summed E-state index contributed by atoms with van der Waals surface area (Å²) < 4.78 is 41.5. The predicted octanol–water partition coefficient (Wildman–Crippen LogP) is 3.32. The second kappa shape index (κ2) is 9.40. The first-order valence-electron chi connectivity index (χ1n) is 10.9. The van der Waals surface area contributed by atoms with Gasteiger partial charge in [0.15, 0.2) is 33.6 Å². The van der Waals surface area contributed by atoms with E-state index in [1.165, 1.54) is 18.1 Å². The highest BCUT2D eigenvalue weighted by atomic mass is 32.2. The van der Waals surface area contributed by atoms with Crippen molar-refractivity contribution < 1.29 is 22.3 Å². The van der Waals surface area contributed by atoms with Crippen molar-refractivity contribution in [3.63, 3.8) is 0 Å². The maximum Gasteiger partial charge on any atom is 0.231 e. The molecule has 4 N–H and O–H groups in total. The minimum absolute atomic E-state index is 0.0441. The quantitative estimate of drug-likeness (QED) is 0.316. The van der Waals surface area contributed by atoms with Crippen molar-refractivity contribution in [1.29, 1.82) is 0 Å². The number of primary sulfonamides is 1. The summed E-state index contributed by atoms with van der Waals surface area (Å²) in [4.78, 5) is 14.1. The molecule has 0 aliphatic carbocycles. The molecule has 0 bridgehead atoms. The van der Waals surface area contributed by atoms with Gasteiger partial charge in [0.2, 0.25) is 16.8 Å². The number of nitrogens with two attached hydrogens (primary N) is 2. The largest absolute Gasteiger partial charge is 0.461 e. The lowest BCUT2D eigenvalue weighted by atomic mass is 10.1. The smallest absolute Gasteiger partial charge is 0.231 e. The van der Waals surface area contributed by atoms with Gasteiger partial charge >= 0.3 is 0 Å². The molecule has 1 aliphatic heterocycles. The Bertz CT molecular complexity index is 1500. The van der Waals surface area contributed by atoms with Crippen molar-refractivity contribution in [3.05, 3.63) is 36.4 Å². The van der Waals surface area contributed by atoms with Crippen LogP contribution >= 0.6 is 11.8 Å². The zero-order valence-corrected chi connectivity index (χ0v) is 20.6. The van der Waals surface area contributed by atoms with Gasteiger partial charge in [-0.2, -0.15) is 0 Å². The third kappa shape index (κ3) is 5.06. The Morgan fingerprint density at radius 2 is 1.91 bits per heavy atom. The summed E-state index contributed by atoms with van der Waals surface area (Å²) in [6.45, 7) is 2.61. The molecule has 13 heteroatoms. The van der Waals surface area contributed by atoms with Gasteiger partial charge in [-0.15, -0.1) is 0 Å². The maximum absolute atomic E-state index is 11.2. The van der Waals surface area contributed by atoms with Gasteiger partial charge in [-0.1, -0.05) is 18.2 Å². The molecular weight excluding hydrogens is 492 g/mol. The van der Waals surface area contributed by atoms with Crippen molar-refractivity contribution in [2.75, 3.05) is 18.3 Å². The van der Waals surface area contributed by atoms with Crippen molar-refractivity contribution in [2.24, 2.45) is 5.14 Å². The standard InChI is InChI=1S/C22H24N6O5S2/c1-13-5-6-15(33-13)14-9-16-17(32-12-31-16)10-18(14)34-22-27-19-20(23)25-11-26-21(19)28(22)7-3-2-4-8-35(24,29)30/h5-6,9-11H,2-4,7-8,12H2,1H3,(H2,23,25,26)(H2,24,29,30). The van der Waals surface area contributed by atoms with Gasteiger partial charge in [-0.05, 0) is 44.0 Å². The molecule has 3 aromatic heterocycles. The second-order valence-electron chi connectivity index (χ2n) is 8.12. The zero-order chi connectivity index (χ0) is 24.6. The number of nitrogens with zero attached hydrogens (tertiary/aromatic N) is 4. The number of aryl methyl sites for hydroxylation is 2. The summed E-state index contributed by atoms with van der Waals surface area (Å²) in [5, 5.41) is 5.78. The Morgan fingerprint density at radius 3 is 2.66 bits per heavy atom. The van der Waals surface area contributed by atoms with Crippen LogP contribution in [0.2, 0.25) is 0 Å². The van der Waals surface area contributed by atoms with Crippen LogP contribution in [0.5, 0.6) is 11.5 Å². The molecule has 0 fully saturated rings. The SMILES string of the molecule is Cc1ccc(-c2cc3c(cc2Sc2nc4c(N)ncnc4n2CCCCCS(N)(=O)=O)OCO3)o1. The van der Waals surface area contributed by atoms with Gasteiger partial charge in [-0.25, -0.2) is 28.5 Å². The number of furan rings is 1. The van der Waals surface area contributed by atoms with E-state index in [1.807, 2.05) is 35.8 Å². The average Bonchev–Trinajstić information content (AvgIpc) is 3.52. The molecule has 5 rings (SSSR count). The summed E-state index contributed by atoms with van der Waals surface area (Å²) in [6, 6.07) is 7.62. The second-order valence-corrected chi connectivity index (χ2v) is 10.9. The number of imidazole rings is 1. The highest BCUT2D eigenvalue weighted by Gasteiger charge is 2.23. The fourth-order valence-corrected chi connectivity index (χ4v) is 5.50. The Kier molecular flexibility index (Phi) is 6.30. The van der Waals surface area contributed by atoms with E-state index in [2.05, 4.69) is 9.97 Å². The molecule has 0 radical (unpaired) electrons. The van der Waals surface area contributed by atoms with Gasteiger partial charge in [0.1, 0.15) is 17.8 Å². The molecule has 0 amide bonds. The molecular formula is C22H24N6O5S2. The van der Waals surface area contributed by atoms with Crippen LogP contribution in [0, 0.1) is 6.92 Å². The topological polar surface area (TPSA) is 161 Å². The molecule has 0 spiro atoms. The zero-order valence-electron chi connectivity index (χ0n) is 18.9. The fourth-order valence-electron chi connectivity index (χ4n) is 3.84. The minimum atomic E-state index is -3.47. The Labute approximate surface area is 205 Å². The van der Waals surface area contributed by atoms with Gasteiger partial charge in [-0.3, -0.25) is 0 Å². The molecule has 1 aromatic carbocycles. The fraction of sp³-hybridized carbons (Fsp3) is 0.318. The third-order valence-electron chi connectivity index (χ3n) is 5.52. The summed E-state index contributed by atoms with van der Waals surface area (Å²) in [6.07, 6.45) is 3.28. The molecule has 11 nitrogen and oxygen atoms in total. The summed E-state index contributed by atoms with van der Waals surface area (Å²) in [5.41, 5.74) is 8.05. The van der Waals surface area contributed by atoms with E-state index in [-0.39, 0.29) is 18.4 Å². The number of anilines is 1. The van der Waals surface area contributed by atoms with Crippen LogP contribution in [0.4, 0.5) is 5.82 Å². The lowest BCUT2D eigenvalue weighted by Crippen LogP contribution is -2.16. The van der Waals surface area contributed by atoms with Crippen LogP contribution in [-0.4, -0.2) is 40.5 Å². The Morgan fingerprint density at radius 1 is 1.11 bits per heavy atom. The molecule has 184 valence electrons. The number of sulfonamides is 1. The first kappa shape index (κ1) is 23.5. The number of hydrogen-bond acceptors (Lipinski definition) is 10. The number of rotatable bonds is 9. The highest BCUT2D eigenvalue weighted by molar-refractivity contribution is 7.99. The van der Waals surface area contributed by atoms with E-state index >= 15 is 0 Å². The van der Waals surface area contributed by atoms with E-state index in [0.717, 1.165) is 16.2 Å². The number of unbranched alkanes of at least 4 members (excludes halogenated alkanes) is 2. The van der Waals surface area contributed by atoms with E-state index < -0.39 is 10.0 Å². The third-order valence-corrected chi connectivity index (χ3v) is 7.43. The molecule has 35 heavy (non-hydrogen) atoms. The normalized spacial score (nSPS) is 13.1. The summed E-state index contributed by atoms with van der Waals surface area (Å²) in [5.74, 6) is 3.03. The van der Waals surface area contributed by atoms with Crippen LogP contribution < -0.4 is 20.3 Å². The summed E-state index contributed by atoms with van der Waals surface area (Å²) in [7, 11) is -3.47. The molecule has 0 unspecified atom stereocenters. The number of benzene rings is 1. The predicted molar refractivity (Wildman–Crippen MR) is 131 cm³/mol. The van der Waals surface area contributed by atoms with E-state index in [1.54, 1.807) is 0 Å². The van der Waals surface area contributed by atoms with Crippen molar-refractivity contribution in [3.8, 4) is 22.8 Å². The van der Waals surface area contributed by atoms with Crippen molar-refractivity contribution in [2.45, 2.75) is 42.8 Å². The molecule has 0 atom stereocenters. The van der Waals surface area contributed by atoms with E-state index in [9.17, 15) is 8.42 Å². The first-order valence-corrected chi connectivity index (χ1v) is 13.5. The highest BCUT2D eigenvalue weighted by Crippen LogP contribution is 2.45. The number of fused-ring (bicyclic) bond motifs is 2. The first-order chi connectivity index (χ1) is 16.8.